The van der Waals surface area contributed by atoms with E-state index in [2.05, 4.69) is 36.4 Å². The average Bonchev–Trinajstić information content (AvgIpc) is 3.59. The van der Waals surface area contributed by atoms with Crippen LogP contribution < -0.4 is 5.32 Å². The molecule has 4 atom stereocenters. The Morgan fingerprint density at radius 2 is 2.03 bits per heavy atom. The fraction of sp³-hybridized carbons (Fsp3) is 0.480. The minimum absolute atomic E-state index is 0.303. The van der Waals surface area contributed by atoms with Gasteiger partial charge in [-0.3, -0.25) is 10.00 Å². The first-order chi connectivity index (χ1) is 16.2. The summed E-state index contributed by atoms with van der Waals surface area (Å²) in [6.45, 7) is 2.17. The molecule has 3 aliphatic rings. The van der Waals surface area contributed by atoms with E-state index in [1.165, 1.54) is 29.7 Å². The van der Waals surface area contributed by atoms with Crippen LogP contribution in [0.1, 0.15) is 36.1 Å². The Hall–Kier alpha value is -2.55. The predicted octanol–water partition coefficient (Wildman–Crippen LogP) is 4.47. The van der Waals surface area contributed by atoms with Crippen LogP contribution >= 0.6 is 11.3 Å². The van der Waals surface area contributed by atoms with Crippen LogP contribution in [0, 0.1) is 17.8 Å². The Labute approximate surface area is 196 Å². The zero-order valence-electron chi connectivity index (χ0n) is 18.5. The summed E-state index contributed by atoms with van der Waals surface area (Å²) in [6.07, 6.45) is 10.2. The summed E-state index contributed by atoms with van der Waals surface area (Å²) in [5.74, 6) is 2.80. The molecule has 1 saturated carbocycles. The molecule has 7 rings (SSSR count). The third kappa shape index (κ3) is 3.34. The van der Waals surface area contributed by atoms with Crippen LogP contribution in [0.4, 0.5) is 11.5 Å². The van der Waals surface area contributed by atoms with Gasteiger partial charge in [0.05, 0.1) is 17.1 Å². The molecule has 4 heterocycles. The van der Waals surface area contributed by atoms with E-state index in [9.17, 15) is 5.11 Å². The van der Waals surface area contributed by atoms with Gasteiger partial charge < -0.3 is 10.4 Å². The van der Waals surface area contributed by atoms with Crippen molar-refractivity contribution in [2.24, 2.45) is 17.8 Å². The monoisotopic (exact) mass is 460 g/mol. The molecule has 2 fully saturated rings. The topological polar surface area (TPSA) is 90.0 Å². The molecule has 7 nitrogen and oxygen atoms in total. The number of aromatic nitrogens is 4. The molecule has 3 aromatic heterocycles. The summed E-state index contributed by atoms with van der Waals surface area (Å²) in [5.41, 5.74) is 3.38. The number of rotatable bonds is 4. The van der Waals surface area contributed by atoms with Crippen molar-refractivity contribution in [3.8, 4) is 0 Å². The number of likely N-dealkylation sites (tertiary alicyclic amines) is 1. The van der Waals surface area contributed by atoms with E-state index in [-0.39, 0.29) is 6.23 Å². The van der Waals surface area contributed by atoms with Gasteiger partial charge >= 0.3 is 0 Å². The Morgan fingerprint density at radius 3 is 2.91 bits per heavy atom. The second-order valence-corrected chi connectivity index (χ2v) is 11.1. The third-order valence-corrected chi connectivity index (χ3v) is 9.30. The molecule has 1 saturated heterocycles. The van der Waals surface area contributed by atoms with Gasteiger partial charge in [0.15, 0.2) is 0 Å². The summed E-state index contributed by atoms with van der Waals surface area (Å²) in [4.78, 5) is 14.0. The fourth-order valence-corrected chi connectivity index (χ4v) is 7.71. The van der Waals surface area contributed by atoms with Crippen molar-refractivity contribution in [3.05, 3.63) is 41.2 Å². The lowest BCUT2D eigenvalue weighted by atomic mass is 9.86. The number of aryl methyl sites for hydroxylation is 1. The standard InChI is InChI=1S/C25H28N6OS/c32-25(31-11-15-2-1-3-16(15)12-31)14-4-6-19-21(9-14)33-24-22(19)23(26-13-27-24)29-18-5-7-20-17(8-18)10-28-30-20/h5,7-8,10,13-16,25,32H,1-4,6,9,11-12H2,(H,28,30)(H,26,27,29)/t14-,15?,16?,25?/m0/s1. The predicted molar refractivity (Wildman–Crippen MR) is 131 cm³/mol. The molecule has 0 spiro atoms. The number of hydrogen-bond acceptors (Lipinski definition) is 7. The minimum atomic E-state index is -0.320. The lowest BCUT2D eigenvalue weighted by Crippen LogP contribution is -2.41. The second kappa shape index (κ2) is 7.75. The lowest BCUT2D eigenvalue weighted by molar-refractivity contribution is -0.0347. The van der Waals surface area contributed by atoms with Crippen molar-refractivity contribution in [2.45, 2.75) is 44.8 Å². The summed E-state index contributed by atoms with van der Waals surface area (Å²) in [6, 6.07) is 6.17. The van der Waals surface area contributed by atoms with E-state index in [0.29, 0.717) is 5.92 Å². The van der Waals surface area contributed by atoms with Crippen LogP contribution in [0.15, 0.2) is 30.7 Å². The van der Waals surface area contributed by atoms with Gasteiger partial charge in [-0.2, -0.15) is 5.10 Å². The maximum absolute atomic E-state index is 11.2. The van der Waals surface area contributed by atoms with Gasteiger partial charge in [0.1, 0.15) is 23.2 Å². The number of fused-ring (bicyclic) bond motifs is 5. The van der Waals surface area contributed by atoms with Crippen LogP contribution in [0.25, 0.3) is 21.1 Å². The van der Waals surface area contributed by atoms with E-state index in [1.807, 2.05) is 18.3 Å². The molecular weight excluding hydrogens is 432 g/mol. The zero-order chi connectivity index (χ0) is 21.9. The zero-order valence-corrected chi connectivity index (χ0v) is 19.3. The molecule has 3 N–H and O–H groups in total. The van der Waals surface area contributed by atoms with Gasteiger partial charge in [0, 0.05) is 35.0 Å². The van der Waals surface area contributed by atoms with E-state index in [0.717, 1.165) is 76.8 Å². The van der Waals surface area contributed by atoms with Crippen molar-refractivity contribution in [3.63, 3.8) is 0 Å². The molecule has 1 aromatic carbocycles. The molecule has 2 aliphatic carbocycles. The van der Waals surface area contributed by atoms with Crippen LogP contribution in [-0.2, 0) is 12.8 Å². The summed E-state index contributed by atoms with van der Waals surface area (Å²) < 4.78 is 0. The maximum Gasteiger partial charge on any atom is 0.142 e. The maximum atomic E-state index is 11.2. The Bertz CT molecular complexity index is 1320. The highest BCUT2D eigenvalue weighted by molar-refractivity contribution is 7.19. The van der Waals surface area contributed by atoms with Crippen molar-refractivity contribution >= 4 is 44.0 Å². The number of aliphatic hydroxyl groups is 1. The average molecular weight is 461 g/mol. The summed E-state index contributed by atoms with van der Waals surface area (Å²) in [7, 11) is 0. The molecule has 0 bridgehead atoms. The number of aromatic amines is 1. The Morgan fingerprint density at radius 1 is 1.15 bits per heavy atom. The Balaban J connectivity index is 1.15. The van der Waals surface area contributed by atoms with Gasteiger partial charge in [0.25, 0.3) is 0 Å². The summed E-state index contributed by atoms with van der Waals surface area (Å²) in [5, 5.41) is 24.1. The highest BCUT2D eigenvalue weighted by Gasteiger charge is 2.41. The van der Waals surface area contributed by atoms with Gasteiger partial charge in [-0.05, 0) is 67.7 Å². The van der Waals surface area contributed by atoms with Crippen LogP contribution in [0.2, 0.25) is 0 Å². The molecule has 8 heteroatoms. The minimum Gasteiger partial charge on any atom is -0.378 e. The highest BCUT2D eigenvalue weighted by atomic mass is 32.1. The highest BCUT2D eigenvalue weighted by Crippen LogP contribution is 2.43. The number of benzene rings is 1. The third-order valence-electron chi connectivity index (χ3n) is 8.14. The van der Waals surface area contributed by atoms with Crippen molar-refractivity contribution < 1.29 is 5.11 Å². The number of H-pyrrole nitrogens is 1. The van der Waals surface area contributed by atoms with E-state index < -0.39 is 0 Å². The molecule has 33 heavy (non-hydrogen) atoms. The van der Waals surface area contributed by atoms with Crippen LogP contribution in [0.5, 0.6) is 0 Å². The van der Waals surface area contributed by atoms with E-state index in [1.54, 1.807) is 17.7 Å². The largest absolute Gasteiger partial charge is 0.378 e. The number of nitrogens with one attached hydrogen (secondary N) is 2. The number of thiophene rings is 1. The summed E-state index contributed by atoms with van der Waals surface area (Å²) >= 11 is 1.77. The molecular formula is C25H28N6OS. The van der Waals surface area contributed by atoms with Crippen molar-refractivity contribution in [1.29, 1.82) is 0 Å². The van der Waals surface area contributed by atoms with Gasteiger partial charge in [0.2, 0.25) is 0 Å². The van der Waals surface area contributed by atoms with Gasteiger partial charge in [-0.1, -0.05) is 6.42 Å². The quantitative estimate of drug-likeness (QED) is 0.416. The lowest BCUT2D eigenvalue weighted by Gasteiger charge is -2.33. The molecule has 0 radical (unpaired) electrons. The van der Waals surface area contributed by atoms with Crippen LogP contribution in [0.3, 0.4) is 0 Å². The fourth-order valence-electron chi connectivity index (χ4n) is 6.43. The number of anilines is 2. The second-order valence-electron chi connectivity index (χ2n) is 10.0. The van der Waals surface area contributed by atoms with E-state index in [4.69, 9.17) is 0 Å². The van der Waals surface area contributed by atoms with E-state index >= 15 is 0 Å². The number of aliphatic hydroxyl groups excluding tert-OH is 1. The molecule has 1 aliphatic heterocycles. The molecule has 4 aromatic rings. The van der Waals surface area contributed by atoms with Crippen molar-refractivity contribution in [1.82, 2.24) is 25.1 Å². The molecule has 0 amide bonds. The first kappa shape index (κ1) is 19.9. The van der Waals surface area contributed by atoms with Crippen molar-refractivity contribution in [2.75, 3.05) is 18.4 Å². The number of nitrogens with zero attached hydrogens (tertiary/aromatic N) is 4. The van der Waals surface area contributed by atoms with Gasteiger partial charge in [-0.25, -0.2) is 9.97 Å². The molecule has 3 unspecified atom stereocenters. The number of hydrogen-bond donors (Lipinski definition) is 3. The Kier molecular flexibility index (Phi) is 4.67. The first-order valence-corrected chi connectivity index (χ1v) is 12.9. The normalized spacial score (nSPS) is 26.0. The smallest absolute Gasteiger partial charge is 0.142 e. The SMILES string of the molecule is OC([C@H]1CCc2c(sc3ncnc(Nc4ccc5[nH]ncc5c4)c23)C1)N1CC2CCCC2C1. The first-order valence-electron chi connectivity index (χ1n) is 12.1. The van der Waals surface area contributed by atoms with Gasteiger partial charge in [-0.15, -0.1) is 11.3 Å². The molecule has 170 valence electrons. The van der Waals surface area contributed by atoms with Crippen LogP contribution in [-0.4, -0.2) is 49.5 Å².